The molecule has 144 valence electrons. The molecule has 1 amide bonds. The first kappa shape index (κ1) is 20.4. The number of aryl methyl sites for hydroxylation is 2. The molecule has 0 bridgehead atoms. The van der Waals surface area contributed by atoms with Crippen LogP contribution < -0.4 is 5.32 Å². The molecule has 27 heavy (non-hydrogen) atoms. The number of nitrogens with one attached hydrogen (secondary N) is 1. The van der Waals surface area contributed by atoms with Gasteiger partial charge >= 0.3 is 5.97 Å². The van der Waals surface area contributed by atoms with Gasteiger partial charge in [-0.25, -0.2) is 4.79 Å². The second-order valence-corrected chi connectivity index (χ2v) is 6.70. The van der Waals surface area contributed by atoms with E-state index in [1.54, 1.807) is 31.8 Å². The molecule has 0 aliphatic rings. The van der Waals surface area contributed by atoms with Crippen LogP contribution in [0.25, 0.3) is 0 Å². The number of amides is 1. The number of nitrogens with zero attached hydrogens (tertiary/aromatic N) is 3. The number of anilines is 1. The molecule has 1 N–H and O–H groups in total. The van der Waals surface area contributed by atoms with E-state index in [-0.39, 0.29) is 11.3 Å². The second kappa shape index (κ2) is 8.21. The molecule has 0 spiro atoms. The Bertz CT molecular complexity index is 909. The number of hydrogen-bond donors (Lipinski definition) is 1. The zero-order chi connectivity index (χ0) is 20.3. The number of benzene rings is 1. The number of esters is 1. The summed E-state index contributed by atoms with van der Waals surface area (Å²) in [6.45, 7) is 4.99. The van der Waals surface area contributed by atoms with E-state index in [9.17, 15) is 19.7 Å². The fourth-order valence-electron chi connectivity index (χ4n) is 2.42. The lowest BCUT2D eigenvalue weighted by molar-refractivity contribution is -0.387. The molecule has 0 saturated heterocycles. The Morgan fingerprint density at radius 3 is 2.56 bits per heavy atom. The summed E-state index contributed by atoms with van der Waals surface area (Å²) >= 11 is 1.20. The van der Waals surface area contributed by atoms with Crippen molar-refractivity contribution >= 4 is 35.0 Å². The predicted molar refractivity (Wildman–Crippen MR) is 101 cm³/mol. The van der Waals surface area contributed by atoms with Gasteiger partial charge in [0, 0.05) is 13.1 Å². The second-order valence-electron chi connectivity index (χ2n) is 5.85. The molecule has 0 saturated carbocycles. The third-order valence-corrected chi connectivity index (χ3v) is 4.81. The smallest absolute Gasteiger partial charge is 0.339 e. The van der Waals surface area contributed by atoms with Gasteiger partial charge in [-0.05, 0) is 39.2 Å². The first-order valence-electron chi connectivity index (χ1n) is 8.00. The third-order valence-electron chi connectivity index (χ3n) is 4.02. The van der Waals surface area contributed by atoms with Crippen molar-refractivity contribution in [2.24, 2.45) is 7.05 Å². The van der Waals surface area contributed by atoms with Crippen LogP contribution >= 0.6 is 11.8 Å². The van der Waals surface area contributed by atoms with Crippen LogP contribution in [0.2, 0.25) is 0 Å². The van der Waals surface area contributed by atoms with Crippen molar-refractivity contribution in [2.45, 2.75) is 31.8 Å². The molecule has 0 aliphatic carbocycles. The van der Waals surface area contributed by atoms with E-state index in [0.29, 0.717) is 16.3 Å². The van der Waals surface area contributed by atoms with Gasteiger partial charge in [0.15, 0.2) is 6.10 Å². The molecule has 0 aliphatic heterocycles. The number of hydrogen-bond acceptors (Lipinski definition) is 7. The zero-order valence-corrected chi connectivity index (χ0v) is 16.4. The molecular weight excluding hydrogens is 372 g/mol. The summed E-state index contributed by atoms with van der Waals surface area (Å²) < 4.78 is 6.79. The van der Waals surface area contributed by atoms with Crippen molar-refractivity contribution in [3.05, 3.63) is 45.3 Å². The van der Waals surface area contributed by atoms with Crippen molar-refractivity contribution in [1.82, 2.24) is 9.78 Å². The number of aromatic nitrogens is 2. The largest absolute Gasteiger partial charge is 0.449 e. The summed E-state index contributed by atoms with van der Waals surface area (Å²) in [5, 5.41) is 18.0. The quantitative estimate of drug-likeness (QED) is 0.348. The molecule has 1 heterocycles. The Balaban J connectivity index is 2.12. The Labute approximate surface area is 160 Å². The van der Waals surface area contributed by atoms with E-state index in [2.05, 4.69) is 10.4 Å². The van der Waals surface area contributed by atoms with Crippen LogP contribution in [0.1, 0.15) is 28.7 Å². The maximum absolute atomic E-state index is 12.3. The zero-order valence-electron chi connectivity index (χ0n) is 15.6. The van der Waals surface area contributed by atoms with E-state index < -0.39 is 22.9 Å². The first-order valence-corrected chi connectivity index (χ1v) is 9.22. The van der Waals surface area contributed by atoms with Crippen LogP contribution in [-0.4, -0.2) is 38.9 Å². The highest BCUT2D eigenvalue weighted by molar-refractivity contribution is 7.98. The van der Waals surface area contributed by atoms with Crippen molar-refractivity contribution in [3.8, 4) is 0 Å². The van der Waals surface area contributed by atoms with Crippen LogP contribution in [0.15, 0.2) is 23.1 Å². The molecule has 2 rings (SSSR count). The lowest BCUT2D eigenvalue weighted by atomic mass is 10.2. The third kappa shape index (κ3) is 4.45. The van der Waals surface area contributed by atoms with Gasteiger partial charge in [-0.1, -0.05) is 0 Å². The summed E-state index contributed by atoms with van der Waals surface area (Å²) in [7, 11) is 1.76. The van der Waals surface area contributed by atoms with Crippen LogP contribution in [-0.2, 0) is 16.6 Å². The minimum Gasteiger partial charge on any atom is -0.449 e. The predicted octanol–water partition coefficient (Wildman–Crippen LogP) is 2.85. The molecule has 9 nitrogen and oxygen atoms in total. The number of carbonyl (C=O) groups is 2. The molecule has 10 heteroatoms. The average Bonchev–Trinajstić information content (AvgIpc) is 2.86. The van der Waals surface area contributed by atoms with Crippen LogP contribution in [0, 0.1) is 24.0 Å². The van der Waals surface area contributed by atoms with Gasteiger partial charge in [-0.3, -0.25) is 19.6 Å². The number of nitro benzene ring substituents is 1. The first-order chi connectivity index (χ1) is 12.6. The lowest BCUT2D eigenvalue weighted by Crippen LogP contribution is -2.30. The maximum atomic E-state index is 12.3. The van der Waals surface area contributed by atoms with E-state index in [1.807, 2.05) is 0 Å². The molecular formula is C17H20N4O5S. The highest BCUT2D eigenvalue weighted by Gasteiger charge is 2.23. The van der Waals surface area contributed by atoms with Crippen molar-refractivity contribution < 1.29 is 19.2 Å². The monoisotopic (exact) mass is 392 g/mol. The molecule has 2 aromatic rings. The van der Waals surface area contributed by atoms with Crippen LogP contribution in [0.4, 0.5) is 11.4 Å². The Hall–Kier alpha value is -2.88. The van der Waals surface area contributed by atoms with Crippen LogP contribution in [0.3, 0.4) is 0 Å². The number of carbonyl (C=O) groups excluding carboxylic acids is 2. The van der Waals surface area contributed by atoms with Gasteiger partial charge < -0.3 is 10.1 Å². The average molecular weight is 392 g/mol. The highest BCUT2D eigenvalue weighted by Crippen LogP contribution is 2.28. The highest BCUT2D eigenvalue weighted by atomic mass is 32.2. The molecule has 1 atom stereocenters. The van der Waals surface area contributed by atoms with Crippen molar-refractivity contribution in [1.29, 1.82) is 0 Å². The van der Waals surface area contributed by atoms with Gasteiger partial charge in [-0.2, -0.15) is 5.10 Å². The summed E-state index contributed by atoms with van der Waals surface area (Å²) in [4.78, 5) is 35.6. The SMILES string of the molecule is CSc1ccc(C(=O)O[C@H](C)C(=O)Nc2c(C)nn(C)c2C)cc1[N+](=O)[O-]. The number of nitro groups is 1. The number of rotatable bonds is 6. The summed E-state index contributed by atoms with van der Waals surface area (Å²) in [6.07, 6.45) is 0.616. The van der Waals surface area contributed by atoms with Crippen LogP contribution in [0.5, 0.6) is 0 Å². The van der Waals surface area contributed by atoms with Gasteiger partial charge in [0.1, 0.15) is 0 Å². The molecule has 0 radical (unpaired) electrons. The Morgan fingerprint density at radius 1 is 1.37 bits per heavy atom. The van der Waals surface area contributed by atoms with E-state index >= 15 is 0 Å². The summed E-state index contributed by atoms with van der Waals surface area (Å²) in [5.74, 6) is -1.33. The van der Waals surface area contributed by atoms with Gasteiger partial charge in [-0.15, -0.1) is 11.8 Å². The maximum Gasteiger partial charge on any atom is 0.339 e. The van der Waals surface area contributed by atoms with Crippen molar-refractivity contribution in [2.75, 3.05) is 11.6 Å². The Morgan fingerprint density at radius 2 is 2.04 bits per heavy atom. The molecule has 1 aromatic heterocycles. The standard InChI is InChI=1S/C17H20N4O5S/c1-9-15(10(2)20(4)19-9)18-16(22)11(3)26-17(23)12-6-7-14(27-5)13(8-12)21(24)25/h6-8,11H,1-5H3,(H,18,22)/t11-/m1/s1. The Kier molecular flexibility index (Phi) is 6.21. The summed E-state index contributed by atoms with van der Waals surface area (Å²) in [6, 6.07) is 4.06. The molecule has 0 unspecified atom stereocenters. The lowest BCUT2D eigenvalue weighted by Gasteiger charge is -2.14. The van der Waals surface area contributed by atoms with Gasteiger partial charge in [0.25, 0.3) is 11.6 Å². The minimum atomic E-state index is -1.09. The molecule has 0 fully saturated rings. The summed E-state index contributed by atoms with van der Waals surface area (Å²) in [5.41, 5.74) is 1.79. The van der Waals surface area contributed by atoms with E-state index in [0.717, 1.165) is 11.8 Å². The fraction of sp³-hybridized carbons (Fsp3) is 0.353. The number of thioether (sulfide) groups is 1. The van der Waals surface area contributed by atoms with Gasteiger partial charge in [0.2, 0.25) is 0 Å². The van der Waals surface area contributed by atoms with E-state index in [4.69, 9.17) is 4.74 Å². The minimum absolute atomic E-state index is 0.00730. The molecule has 1 aromatic carbocycles. The normalized spacial score (nSPS) is 11.7. The van der Waals surface area contributed by atoms with Crippen molar-refractivity contribution in [3.63, 3.8) is 0 Å². The topological polar surface area (TPSA) is 116 Å². The number of ether oxygens (including phenoxy) is 1. The fourth-order valence-corrected chi connectivity index (χ4v) is 2.97. The van der Waals surface area contributed by atoms with E-state index in [1.165, 1.54) is 30.8 Å². The van der Waals surface area contributed by atoms with Gasteiger partial charge in [0.05, 0.1) is 32.5 Å².